The van der Waals surface area contributed by atoms with Crippen LogP contribution < -0.4 is 11.1 Å². The van der Waals surface area contributed by atoms with Gasteiger partial charge in [-0.25, -0.2) is 4.79 Å². The van der Waals surface area contributed by atoms with Gasteiger partial charge >= 0.3 is 6.09 Å². The molecule has 25 heavy (non-hydrogen) atoms. The van der Waals surface area contributed by atoms with Gasteiger partial charge in [0, 0.05) is 16.6 Å². The number of nitrogens with two attached hydrogens (primary N) is 1. The Hall–Kier alpha value is -1.37. The summed E-state index contributed by atoms with van der Waals surface area (Å²) in [6, 6.07) is 0. The van der Waals surface area contributed by atoms with E-state index in [0.717, 1.165) is 29.3 Å². The summed E-state index contributed by atoms with van der Waals surface area (Å²) in [5.74, 6) is -0.0145. The minimum absolute atomic E-state index is 0.0145. The van der Waals surface area contributed by atoms with Crippen molar-refractivity contribution in [3.8, 4) is 0 Å². The molecule has 2 aliphatic carbocycles. The molecule has 2 aliphatic rings. The minimum Gasteiger partial charge on any atom is -0.449 e. The van der Waals surface area contributed by atoms with Crippen molar-refractivity contribution in [2.45, 2.75) is 26.2 Å². The highest BCUT2D eigenvalue weighted by molar-refractivity contribution is 9.11. The Kier molecular flexibility index (Phi) is 7.47. The lowest BCUT2D eigenvalue weighted by molar-refractivity contribution is 0.137. The number of carbonyl (C=O) groups excluding carboxylic acids is 1. The topological polar surface area (TPSA) is 64.3 Å². The van der Waals surface area contributed by atoms with E-state index in [-0.39, 0.29) is 12.5 Å². The largest absolute Gasteiger partial charge is 0.449 e. The van der Waals surface area contributed by atoms with Gasteiger partial charge in [0.15, 0.2) is 0 Å². The first-order valence-electron chi connectivity index (χ1n) is 7.90. The Balaban J connectivity index is 1.96. The second kappa shape index (κ2) is 9.36. The zero-order chi connectivity index (χ0) is 18.4. The average Bonchev–Trinajstić information content (AvgIpc) is 2.59. The van der Waals surface area contributed by atoms with Crippen LogP contribution in [0.25, 0.3) is 0 Å². The molecule has 134 valence electrons. The first kappa shape index (κ1) is 19.9. The quantitative estimate of drug-likeness (QED) is 0.465. The van der Waals surface area contributed by atoms with Crippen LogP contribution in [0.4, 0.5) is 4.79 Å². The number of hydrogen-bond acceptors (Lipinski definition) is 4. The molecular weight excluding hydrogens is 424 g/mol. The molecule has 0 aliphatic heterocycles. The van der Waals surface area contributed by atoms with Crippen LogP contribution in [-0.2, 0) is 4.74 Å². The molecule has 4 nitrogen and oxygen atoms in total. The Morgan fingerprint density at radius 1 is 1.44 bits per heavy atom. The second-order valence-corrected chi connectivity index (χ2v) is 7.69. The predicted molar refractivity (Wildman–Crippen MR) is 109 cm³/mol. The Morgan fingerprint density at radius 3 is 2.80 bits per heavy atom. The maximum atomic E-state index is 12.1. The van der Waals surface area contributed by atoms with Crippen molar-refractivity contribution in [1.82, 2.24) is 5.32 Å². The third-order valence-corrected chi connectivity index (χ3v) is 5.42. The zero-order valence-electron chi connectivity index (χ0n) is 13.9. The number of rotatable bonds is 5. The van der Waals surface area contributed by atoms with Gasteiger partial charge in [0.25, 0.3) is 0 Å². The Labute approximate surface area is 166 Å². The summed E-state index contributed by atoms with van der Waals surface area (Å²) in [6.45, 7) is 1.90. The molecule has 0 heterocycles. The van der Waals surface area contributed by atoms with Gasteiger partial charge in [0.2, 0.25) is 0 Å². The summed E-state index contributed by atoms with van der Waals surface area (Å²) in [5.41, 5.74) is 7.73. The molecule has 1 unspecified atom stereocenters. The number of amides is 1. The number of allylic oxidation sites excluding steroid dienone is 8. The number of carbonyl (C=O) groups is 1. The van der Waals surface area contributed by atoms with E-state index in [1.165, 1.54) is 0 Å². The lowest BCUT2D eigenvalue weighted by atomic mass is 9.99. The summed E-state index contributed by atoms with van der Waals surface area (Å²) < 4.78 is 6.41. The van der Waals surface area contributed by atoms with Gasteiger partial charge < -0.3 is 10.5 Å². The van der Waals surface area contributed by atoms with Crippen LogP contribution in [0, 0.1) is 5.92 Å². The number of halogens is 2. The average molecular weight is 444 g/mol. The molecule has 0 bridgehead atoms. The predicted octanol–water partition coefficient (Wildman–Crippen LogP) is 4.97. The highest BCUT2D eigenvalue weighted by Gasteiger charge is 2.20. The molecule has 3 N–H and O–H groups in total. The van der Waals surface area contributed by atoms with Gasteiger partial charge in [-0.1, -0.05) is 64.1 Å². The normalized spacial score (nSPS) is 20.8. The highest BCUT2D eigenvalue weighted by Crippen LogP contribution is 2.26. The van der Waals surface area contributed by atoms with E-state index in [1.54, 1.807) is 6.92 Å². The van der Waals surface area contributed by atoms with Gasteiger partial charge in [0.05, 0.1) is 10.6 Å². The van der Waals surface area contributed by atoms with Crippen molar-refractivity contribution in [2.75, 3.05) is 6.61 Å². The molecule has 0 aromatic carbocycles. The zero-order valence-corrected chi connectivity index (χ0v) is 17.0. The van der Waals surface area contributed by atoms with Crippen LogP contribution in [0.15, 0.2) is 56.9 Å². The number of thiocarbonyl (C=S) groups is 1. The third-order valence-electron chi connectivity index (χ3n) is 3.86. The summed E-state index contributed by atoms with van der Waals surface area (Å²) in [6.07, 6.45) is 11.4. The van der Waals surface area contributed by atoms with Crippen molar-refractivity contribution in [2.24, 2.45) is 11.7 Å². The summed E-state index contributed by atoms with van der Waals surface area (Å²) >= 11 is 15.1. The van der Waals surface area contributed by atoms with Crippen molar-refractivity contribution in [1.29, 1.82) is 0 Å². The van der Waals surface area contributed by atoms with Gasteiger partial charge in [-0.2, -0.15) is 0 Å². The standard InChI is InChI=1S/C18H20BrClN2O2S/c1-11(21)16(17(25)12-6-8-14(19)9-7-12)22-18(23)24-10-13-4-2-3-5-15(13)20/h2-3,5-6,8,13H,4,7,9-10,21H2,1H3,(H,22,23). The summed E-state index contributed by atoms with van der Waals surface area (Å²) in [7, 11) is 0. The number of alkyl carbamates (subject to hydrolysis) is 1. The van der Waals surface area contributed by atoms with Crippen molar-refractivity contribution in [3.05, 3.63) is 56.9 Å². The maximum Gasteiger partial charge on any atom is 0.411 e. The Bertz CT molecular complexity index is 719. The molecule has 7 heteroatoms. The highest BCUT2D eigenvalue weighted by atomic mass is 79.9. The van der Waals surface area contributed by atoms with Crippen LogP contribution in [0.1, 0.15) is 26.2 Å². The maximum absolute atomic E-state index is 12.1. The fourth-order valence-corrected chi connectivity index (χ4v) is 3.35. The summed E-state index contributed by atoms with van der Waals surface area (Å²) in [5, 5.41) is 3.36. The second-order valence-electron chi connectivity index (χ2n) is 5.83. The van der Waals surface area contributed by atoms with Crippen molar-refractivity contribution < 1.29 is 9.53 Å². The van der Waals surface area contributed by atoms with Gasteiger partial charge in [-0.15, -0.1) is 0 Å². The smallest absolute Gasteiger partial charge is 0.411 e. The number of hydrogen-bond donors (Lipinski definition) is 2. The molecule has 0 saturated carbocycles. The summed E-state index contributed by atoms with van der Waals surface area (Å²) in [4.78, 5) is 12.7. The van der Waals surface area contributed by atoms with E-state index >= 15 is 0 Å². The molecule has 0 spiro atoms. The van der Waals surface area contributed by atoms with E-state index < -0.39 is 6.09 Å². The molecule has 0 aromatic heterocycles. The van der Waals surface area contributed by atoms with Crippen molar-refractivity contribution >= 4 is 50.7 Å². The fraction of sp³-hybridized carbons (Fsp3) is 0.333. The lowest BCUT2D eigenvalue weighted by Gasteiger charge is -2.19. The molecule has 2 rings (SSSR count). The van der Waals surface area contributed by atoms with E-state index in [2.05, 4.69) is 21.2 Å². The van der Waals surface area contributed by atoms with E-state index in [4.69, 9.17) is 34.3 Å². The van der Waals surface area contributed by atoms with Crippen molar-refractivity contribution in [3.63, 3.8) is 0 Å². The van der Waals surface area contributed by atoms with Crippen LogP contribution >= 0.6 is 39.7 Å². The molecule has 0 saturated heterocycles. The molecule has 0 fully saturated rings. The monoisotopic (exact) mass is 442 g/mol. The van der Waals surface area contributed by atoms with Crippen LogP contribution in [0.3, 0.4) is 0 Å². The van der Waals surface area contributed by atoms with Gasteiger partial charge in [-0.05, 0) is 42.3 Å². The van der Waals surface area contributed by atoms with E-state index in [9.17, 15) is 4.79 Å². The third kappa shape index (κ3) is 5.83. The van der Waals surface area contributed by atoms with Crippen LogP contribution in [-0.4, -0.2) is 17.6 Å². The first-order valence-corrected chi connectivity index (χ1v) is 9.48. The molecule has 1 atom stereocenters. The van der Waals surface area contributed by atoms with Gasteiger partial charge in [0.1, 0.15) is 6.61 Å². The fourth-order valence-electron chi connectivity index (χ4n) is 2.41. The molecule has 1 amide bonds. The first-order chi connectivity index (χ1) is 11.9. The van der Waals surface area contributed by atoms with E-state index in [0.29, 0.717) is 21.3 Å². The minimum atomic E-state index is -0.589. The van der Waals surface area contributed by atoms with Crippen LogP contribution in [0.5, 0.6) is 0 Å². The SMILES string of the molecule is CC(N)=C(NC(=O)OCC1CC=CC=C1Cl)C(=S)C1=CC=C(Br)CC1. The molecule has 0 aromatic rings. The molecular formula is C18H20BrClN2O2S. The lowest BCUT2D eigenvalue weighted by Crippen LogP contribution is -2.32. The van der Waals surface area contributed by atoms with Crippen LogP contribution in [0.2, 0.25) is 0 Å². The Morgan fingerprint density at radius 2 is 2.20 bits per heavy atom. The van der Waals surface area contributed by atoms with E-state index in [1.807, 2.05) is 30.4 Å². The number of ether oxygens (including phenoxy) is 1. The molecule has 0 radical (unpaired) electrons. The van der Waals surface area contributed by atoms with Gasteiger partial charge in [-0.3, -0.25) is 5.32 Å². The number of nitrogens with one attached hydrogen (secondary N) is 1.